The van der Waals surface area contributed by atoms with Crippen molar-refractivity contribution < 1.29 is 13.2 Å². The smallest absolute Gasteiger partial charge is 0.282 e. The molecule has 2 saturated heterocycles. The summed E-state index contributed by atoms with van der Waals surface area (Å²) in [6, 6.07) is 7.31. The van der Waals surface area contributed by atoms with Crippen molar-refractivity contribution in [1.82, 2.24) is 13.6 Å². The van der Waals surface area contributed by atoms with Crippen molar-refractivity contribution in [2.24, 2.45) is 5.92 Å². The van der Waals surface area contributed by atoms with Crippen LogP contribution in [0.3, 0.4) is 0 Å². The molecule has 0 saturated carbocycles. The Bertz CT molecular complexity index is 937. The maximum atomic E-state index is 13.1. The fourth-order valence-electron chi connectivity index (χ4n) is 4.33. The maximum Gasteiger partial charge on any atom is 0.282 e. The molecule has 9 heteroatoms. The minimum Gasteiger partial charge on any atom is -0.283 e. The number of hydrogen-bond acceptors (Lipinski definition) is 5. The van der Waals surface area contributed by atoms with Crippen LogP contribution in [-0.4, -0.2) is 59.6 Å². The predicted molar refractivity (Wildman–Crippen MR) is 107 cm³/mol. The predicted octanol–water partition coefficient (Wildman–Crippen LogP) is 2.31. The number of anilines is 1. The molecule has 0 aliphatic carbocycles. The van der Waals surface area contributed by atoms with Gasteiger partial charge in [0.2, 0.25) is 5.91 Å². The number of para-hydroxylation sites is 1. The van der Waals surface area contributed by atoms with Crippen LogP contribution in [0.2, 0.25) is 0 Å². The number of fused-ring (bicyclic) bond motifs is 2. The lowest BCUT2D eigenvalue weighted by Crippen LogP contribution is -2.49. The van der Waals surface area contributed by atoms with Gasteiger partial charge in [-0.05, 0) is 18.6 Å². The first-order valence-corrected chi connectivity index (χ1v) is 11.6. The van der Waals surface area contributed by atoms with Crippen LogP contribution >= 0.6 is 11.3 Å². The Labute approximate surface area is 163 Å². The number of thiazole rings is 1. The standard InChI is InChI=1S/C18H24N4O3S2/c1-4-20(5-2)27(24,25)21-11-10-14-16(21)12(3)17(23)22(14)18-19-13-8-6-7-9-15(13)26-18/h6-9,12,14,16H,4-5,10-11H2,1-3H3/t12-,14-,16+/m0/s1. The average Bonchev–Trinajstić information content (AvgIpc) is 3.31. The molecule has 2 aliphatic rings. The van der Waals surface area contributed by atoms with E-state index in [0.29, 0.717) is 31.2 Å². The number of nitrogens with zero attached hydrogens (tertiary/aromatic N) is 4. The normalized spacial score (nSPS) is 26.4. The summed E-state index contributed by atoms with van der Waals surface area (Å²) in [7, 11) is -3.57. The largest absolute Gasteiger partial charge is 0.283 e. The van der Waals surface area contributed by atoms with E-state index in [1.54, 1.807) is 9.21 Å². The molecule has 0 spiro atoms. The van der Waals surface area contributed by atoms with E-state index in [1.807, 2.05) is 45.0 Å². The van der Waals surface area contributed by atoms with E-state index in [9.17, 15) is 13.2 Å². The van der Waals surface area contributed by atoms with E-state index in [0.717, 1.165) is 10.2 Å². The third kappa shape index (κ3) is 2.79. The van der Waals surface area contributed by atoms with Crippen molar-refractivity contribution in [1.29, 1.82) is 0 Å². The Hall–Kier alpha value is -1.55. The van der Waals surface area contributed by atoms with Gasteiger partial charge in [-0.15, -0.1) is 0 Å². The Balaban J connectivity index is 1.70. The van der Waals surface area contributed by atoms with Crippen LogP contribution in [0.4, 0.5) is 5.13 Å². The summed E-state index contributed by atoms with van der Waals surface area (Å²) in [4.78, 5) is 19.4. The molecule has 2 aromatic rings. The molecule has 1 aromatic heterocycles. The van der Waals surface area contributed by atoms with Crippen LogP contribution < -0.4 is 4.90 Å². The summed E-state index contributed by atoms with van der Waals surface area (Å²) < 4.78 is 30.2. The number of benzene rings is 1. The summed E-state index contributed by atoms with van der Waals surface area (Å²) in [6.07, 6.45) is 0.636. The highest BCUT2D eigenvalue weighted by atomic mass is 32.2. The number of carbonyl (C=O) groups excluding carboxylic acids is 1. The van der Waals surface area contributed by atoms with Crippen molar-refractivity contribution in [2.75, 3.05) is 24.5 Å². The summed E-state index contributed by atoms with van der Waals surface area (Å²) in [5.74, 6) is -0.418. The summed E-state index contributed by atoms with van der Waals surface area (Å²) in [5, 5.41) is 0.669. The molecule has 3 heterocycles. The Morgan fingerprint density at radius 1 is 1.26 bits per heavy atom. The van der Waals surface area contributed by atoms with Crippen LogP contribution in [0, 0.1) is 5.92 Å². The van der Waals surface area contributed by atoms with Gasteiger partial charge < -0.3 is 0 Å². The lowest BCUT2D eigenvalue weighted by atomic mass is 10.0. The monoisotopic (exact) mass is 408 g/mol. The zero-order valence-corrected chi connectivity index (χ0v) is 17.3. The van der Waals surface area contributed by atoms with Crippen molar-refractivity contribution in [3.05, 3.63) is 24.3 Å². The van der Waals surface area contributed by atoms with Gasteiger partial charge in [0.15, 0.2) is 5.13 Å². The highest BCUT2D eigenvalue weighted by molar-refractivity contribution is 7.86. The first-order valence-electron chi connectivity index (χ1n) is 9.35. The average molecular weight is 409 g/mol. The van der Waals surface area contributed by atoms with E-state index in [4.69, 9.17) is 0 Å². The van der Waals surface area contributed by atoms with E-state index in [2.05, 4.69) is 4.98 Å². The second-order valence-electron chi connectivity index (χ2n) is 7.01. The second kappa shape index (κ2) is 6.80. The third-order valence-corrected chi connectivity index (χ3v) is 8.88. The highest BCUT2D eigenvalue weighted by Crippen LogP contribution is 2.42. The molecule has 3 atom stereocenters. The topological polar surface area (TPSA) is 73.8 Å². The molecule has 4 rings (SSSR count). The summed E-state index contributed by atoms with van der Waals surface area (Å²) in [6.45, 7) is 6.81. The van der Waals surface area contributed by atoms with Crippen molar-refractivity contribution >= 4 is 42.8 Å². The lowest BCUT2D eigenvalue weighted by molar-refractivity contribution is -0.120. The number of amides is 1. The molecule has 0 bridgehead atoms. The minimum atomic E-state index is -3.57. The van der Waals surface area contributed by atoms with Crippen LogP contribution in [0.1, 0.15) is 27.2 Å². The van der Waals surface area contributed by atoms with Crippen LogP contribution in [0.15, 0.2) is 24.3 Å². The fourth-order valence-corrected chi connectivity index (χ4v) is 7.28. The van der Waals surface area contributed by atoms with E-state index < -0.39 is 10.2 Å². The van der Waals surface area contributed by atoms with Gasteiger partial charge in [-0.1, -0.05) is 44.2 Å². The molecule has 1 aromatic carbocycles. The van der Waals surface area contributed by atoms with Crippen LogP contribution in [0.5, 0.6) is 0 Å². The summed E-state index contributed by atoms with van der Waals surface area (Å²) >= 11 is 1.49. The molecular formula is C18H24N4O3S2. The second-order valence-corrected chi connectivity index (χ2v) is 9.90. The first-order chi connectivity index (χ1) is 12.9. The van der Waals surface area contributed by atoms with Gasteiger partial charge in [0.25, 0.3) is 10.2 Å². The molecule has 146 valence electrons. The van der Waals surface area contributed by atoms with Gasteiger partial charge in [0.05, 0.1) is 28.2 Å². The molecule has 2 fully saturated rings. The van der Waals surface area contributed by atoms with Gasteiger partial charge in [-0.25, -0.2) is 4.98 Å². The molecule has 2 aliphatic heterocycles. The lowest BCUT2D eigenvalue weighted by Gasteiger charge is -2.30. The number of carbonyl (C=O) groups is 1. The van der Waals surface area contributed by atoms with Gasteiger partial charge in [0.1, 0.15) is 0 Å². The molecule has 7 nitrogen and oxygen atoms in total. The first kappa shape index (κ1) is 18.8. The SMILES string of the molecule is CCN(CC)S(=O)(=O)N1CC[C@H]2[C@H]1[C@H](C)C(=O)N2c1nc2ccccc2s1. The van der Waals surface area contributed by atoms with E-state index >= 15 is 0 Å². The van der Waals surface area contributed by atoms with Crippen molar-refractivity contribution in [3.63, 3.8) is 0 Å². The van der Waals surface area contributed by atoms with Crippen molar-refractivity contribution in [2.45, 2.75) is 39.3 Å². The minimum absolute atomic E-state index is 0.0384. The maximum absolute atomic E-state index is 13.1. The number of hydrogen-bond donors (Lipinski definition) is 0. The zero-order valence-electron chi connectivity index (χ0n) is 15.7. The highest BCUT2D eigenvalue weighted by Gasteiger charge is 2.56. The quantitative estimate of drug-likeness (QED) is 0.761. The summed E-state index contributed by atoms with van der Waals surface area (Å²) in [5.41, 5.74) is 0.868. The zero-order chi connectivity index (χ0) is 19.3. The Morgan fingerprint density at radius 3 is 2.63 bits per heavy atom. The Morgan fingerprint density at radius 2 is 1.96 bits per heavy atom. The molecule has 27 heavy (non-hydrogen) atoms. The van der Waals surface area contributed by atoms with Gasteiger partial charge in [-0.2, -0.15) is 17.0 Å². The van der Waals surface area contributed by atoms with Gasteiger partial charge in [0, 0.05) is 19.6 Å². The molecule has 0 unspecified atom stereocenters. The molecule has 0 N–H and O–H groups in total. The van der Waals surface area contributed by atoms with Crippen molar-refractivity contribution in [3.8, 4) is 0 Å². The van der Waals surface area contributed by atoms with Crippen LogP contribution in [0.25, 0.3) is 10.2 Å². The third-order valence-electron chi connectivity index (χ3n) is 5.66. The van der Waals surface area contributed by atoms with Gasteiger partial charge in [-0.3, -0.25) is 9.69 Å². The molecule has 0 radical (unpaired) electrons. The molecule has 1 amide bonds. The number of aromatic nitrogens is 1. The van der Waals surface area contributed by atoms with E-state index in [-0.39, 0.29) is 23.9 Å². The van der Waals surface area contributed by atoms with Gasteiger partial charge >= 0.3 is 0 Å². The van der Waals surface area contributed by atoms with Crippen LogP contribution in [-0.2, 0) is 15.0 Å². The number of rotatable bonds is 5. The van der Waals surface area contributed by atoms with E-state index in [1.165, 1.54) is 15.6 Å². The Kier molecular flexibility index (Phi) is 4.74. The fraction of sp³-hybridized carbons (Fsp3) is 0.556. The molecular weight excluding hydrogens is 384 g/mol.